The van der Waals surface area contributed by atoms with Gasteiger partial charge in [0.05, 0.1) is 0 Å². The highest BCUT2D eigenvalue weighted by molar-refractivity contribution is 5.76. The van der Waals surface area contributed by atoms with Crippen LogP contribution < -0.4 is 5.32 Å². The second-order valence-corrected chi connectivity index (χ2v) is 4.83. The van der Waals surface area contributed by atoms with E-state index in [-0.39, 0.29) is 0 Å². The first kappa shape index (κ1) is 11.6. The van der Waals surface area contributed by atoms with E-state index in [4.69, 9.17) is 0 Å². The molecule has 0 radical (unpaired) electrons. The molecule has 3 nitrogen and oxygen atoms in total. The van der Waals surface area contributed by atoms with Crippen molar-refractivity contribution in [1.82, 2.24) is 10.2 Å². The topological polar surface area (TPSA) is 32.3 Å². The molecule has 0 aromatic heterocycles. The Hall–Kier alpha value is -0.830. The highest BCUT2D eigenvalue weighted by Gasteiger charge is 2.17. The third-order valence-electron chi connectivity index (χ3n) is 3.64. The predicted octanol–water partition coefficient (Wildman–Crippen LogP) is 1.55. The van der Waals surface area contributed by atoms with Crippen molar-refractivity contribution in [2.24, 2.45) is 5.92 Å². The van der Waals surface area contributed by atoms with E-state index in [9.17, 15) is 4.79 Å². The highest BCUT2D eigenvalue weighted by atomic mass is 16.2. The van der Waals surface area contributed by atoms with Gasteiger partial charge < -0.3 is 10.2 Å². The zero-order valence-corrected chi connectivity index (χ0v) is 9.95. The summed E-state index contributed by atoms with van der Waals surface area (Å²) >= 11 is 0. The van der Waals surface area contributed by atoms with Gasteiger partial charge in [-0.1, -0.05) is 12.2 Å². The Morgan fingerprint density at radius 1 is 1.31 bits per heavy atom. The standard InChI is InChI=1S/C13H22N2O/c16-13(15-10-2-1-3-11-15)5-4-12-6-8-14-9-7-12/h1-2,12,14H,3-11H2. The molecular weight excluding hydrogens is 200 g/mol. The summed E-state index contributed by atoms with van der Waals surface area (Å²) in [5.74, 6) is 1.12. The molecule has 3 heteroatoms. The smallest absolute Gasteiger partial charge is 0.222 e. The molecule has 0 atom stereocenters. The summed E-state index contributed by atoms with van der Waals surface area (Å²) in [5, 5.41) is 3.36. The van der Waals surface area contributed by atoms with Crippen LogP contribution >= 0.6 is 0 Å². The Kier molecular flexibility index (Phi) is 4.40. The Labute approximate surface area is 97.9 Å². The number of piperidine rings is 1. The average molecular weight is 222 g/mol. The number of carbonyl (C=O) groups excluding carboxylic acids is 1. The summed E-state index contributed by atoms with van der Waals surface area (Å²) in [6.07, 6.45) is 9.61. The SMILES string of the molecule is O=C(CCC1CCNCC1)N1CC=CCC1. The Balaban J connectivity index is 1.68. The fraction of sp³-hybridized carbons (Fsp3) is 0.769. The third-order valence-corrected chi connectivity index (χ3v) is 3.64. The van der Waals surface area contributed by atoms with E-state index in [1.165, 1.54) is 12.8 Å². The minimum absolute atomic E-state index is 0.350. The number of rotatable bonds is 3. The Bertz CT molecular complexity index is 257. The first-order valence-electron chi connectivity index (χ1n) is 6.50. The number of carbonyl (C=O) groups is 1. The largest absolute Gasteiger partial charge is 0.339 e. The summed E-state index contributed by atoms with van der Waals surface area (Å²) in [6.45, 7) is 4.00. The van der Waals surface area contributed by atoms with E-state index in [2.05, 4.69) is 17.5 Å². The van der Waals surface area contributed by atoms with Crippen molar-refractivity contribution in [3.8, 4) is 0 Å². The summed E-state index contributed by atoms with van der Waals surface area (Å²) in [4.78, 5) is 13.9. The average Bonchev–Trinajstić information content (AvgIpc) is 2.38. The molecule has 1 saturated heterocycles. The normalized spacial score (nSPS) is 22.4. The van der Waals surface area contributed by atoms with E-state index < -0.39 is 0 Å². The lowest BCUT2D eigenvalue weighted by molar-refractivity contribution is -0.131. The molecule has 0 aromatic carbocycles. The van der Waals surface area contributed by atoms with E-state index in [0.29, 0.717) is 5.91 Å². The molecule has 2 rings (SSSR count). The first-order chi connectivity index (χ1) is 7.86. The van der Waals surface area contributed by atoms with Crippen LogP contribution in [0.5, 0.6) is 0 Å². The second-order valence-electron chi connectivity index (χ2n) is 4.83. The van der Waals surface area contributed by atoms with Crippen molar-refractivity contribution in [3.05, 3.63) is 12.2 Å². The quantitative estimate of drug-likeness (QED) is 0.735. The molecule has 0 spiro atoms. The lowest BCUT2D eigenvalue weighted by Gasteiger charge is -2.26. The molecule has 0 unspecified atom stereocenters. The van der Waals surface area contributed by atoms with Crippen LogP contribution in [0.1, 0.15) is 32.1 Å². The van der Waals surface area contributed by atoms with Crippen molar-refractivity contribution in [1.29, 1.82) is 0 Å². The number of amides is 1. The molecule has 2 aliphatic rings. The van der Waals surface area contributed by atoms with Gasteiger partial charge in [0.2, 0.25) is 5.91 Å². The van der Waals surface area contributed by atoms with Crippen molar-refractivity contribution in [3.63, 3.8) is 0 Å². The molecule has 1 fully saturated rings. The zero-order valence-electron chi connectivity index (χ0n) is 9.95. The lowest BCUT2D eigenvalue weighted by Crippen LogP contribution is -2.34. The number of nitrogens with one attached hydrogen (secondary N) is 1. The van der Waals surface area contributed by atoms with Crippen molar-refractivity contribution in [2.75, 3.05) is 26.2 Å². The van der Waals surface area contributed by atoms with Crippen LogP contribution in [-0.2, 0) is 4.79 Å². The van der Waals surface area contributed by atoms with Gasteiger partial charge in [-0.2, -0.15) is 0 Å². The van der Waals surface area contributed by atoms with Crippen LogP contribution in [0, 0.1) is 5.92 Å². The minimum Gasteiger partial charge on any atom is -0.339 e. The van der Waals surface area contributed by atoms with E-state index in [0.717, 1.165) is 51.4 Å². The molecule has 2 aliphatic heterocycles. The van der Waals surface area contributed by atoms with Gasteiger partial charge >= 0.3 is 0 Å². The molecule has 90 valence electrons. The predicted molar refractivity (Wildman–Crippen MR) is 65.2 cm³/mol. The second kappa shape index (κ2) is 6.04. The third kappa shape index (κ3) is 3.34. The maximum absolute atomic E-state index is 11.9. The number of hydrogen-bond donors (Lipinski definition) is 1. The highest BCUT2D eigenvalue weighted by Crippen LogP contribution is 2.18. The van der Waals surface area contributed by atoms with Gasteiger partial charge in [-0.05, 0) is 44.7 Å². The molecule has 0 saturated carbocycles. The summed E-state index contributed by atoms with van der Waals surface area (Å²) in [5.41, 5.74) is 0. The van der Waals surface area contributed by atoms with Gasteiger partial charge in [-0.25, -0.2) is 0 Å². The van der Waals surface area contributed by atoms with Crippen molar-refractivity contribution >= 4 is 5.91 Å². The molecule has 1 N–H and O–H groups in total. The molecule has 1 amide bonds. The zero-order chi connectivity index (χ0) is 11.2. The Morgan fingerprint density at radius 2 is 2.12 bits per heavy atom. The van der Waals surface area contributed by atoms with Gasteiger partial charge in [0.15, 0.2) is 0 Å². The van der Waals surface area contributed by atoms with E-state index in [1.54, 1.807) is 0 Å². The molecule has 0 bridgehead atoms. The molecular formula is C13H22N2O. The Morgan fingerprint density at radius 3 is 2.81 bits per heavy atom. The van der Waals surface area contributed by atoms with Gasteiger partial charge in [0.25, 0.3) is 0 Å². The van der Waals surface area contributed by atoms with Gasteiger partial charge in [-0.15, -0.1) is 0 Å². The molecule has 2 heterocycles. The van der Waals surface area contributed by atoms with Crippen LogP contribution in [-0.4, -0.2) is 37.0 Å². The van der Waals surface area contributed by atoms with Gasteiger partial charge in [-0.3, -0.25) is 4.79 Å². The summed E-state index contributed by atoms with van der Waals surface area (Å²) < 4.78 is 0. The summed E-state index contributed by atoms with van der Waals surface area (Å²) in [6, 6.07) is 0. The minimum atomic E-state index is 0.350. The first-order valence-corrected chi connectivity index (χ1v) is 6.50. The van der Waals surface area contributed by atoms with Gasteiger partial charge in [0, 0.05) is 19.5 Å². The maximum atomic E-state index is 11.9. The van der Waals surface area contributed by atoms with Crippen LogP contribution in [0.3, 0.4) is 0 Å². The lowest BCUT2D eigenvalue weighted by atomic mass is 9.93. The fourth-order valence-corrected chi connectivity index (χ4v) is 2.52. The van der Waals surface area contributed by atoms with Crippen molar-refractivity contribution in [2.45, 2.75) is 32.1 Å². The monoisotopic (exact) mass is 222 g/mol. The number of nitrogens with zero attached hydrogens (tertiary/aromatic N) is 1. The fourth-order valence-electron chi connectivity index (χ4n) is 2.52. The number of hydrogen-bond acceptors (Lipinski definition) is 2. The maximum Gasteiger partial charge on any atom is 0.222 e. The van der Waals surface area contributed by atoms with Gasteiger partial charge in [0.1, 0.15) is 0 Å². The summed E-state index contributed by atoms with van der Waals surface area (Å²) in [7, 11) is 0. The van der Waals surface area contributed by atoms with Crippen LogP contribution in [0.2, 0.25) is 0 Å². The van der Waals surface area contributed by atoms with E-state index >= 15 is 0 Å². The van der Waals surface area contributed by atoms with E-state index in [1.807, 2.05) is 4.90 Å². The molecule has 0 aliphatic carbocycles. The van der Waals surface area contributed by atoms with Crippen LogP contribution in [0.15, 0.2) is 12.2 Å². The van der Waals surface area contributed by atoms with Crippen LogP contribution in [0.25, 0.3) is 0 Å². The van der Waals surface area contributed by atoms with Crippen molar-refractivity contribution < 1.29 is 4.79 Å². The van der Waals surface area contributed by atoms with Crippen LogP contribution in [0.4, 0.5) is 0 Å². The molecule has 16 heavy (non-hydrogen) atoms. The molecule has 0 aromatic rings.